The molecule has 1 amide bonds. The van der Waals surface area contributed by atoms with Crippen LogP contribution >= 0.6 is 0 Å². The molecule has 0 radical (unpaired) electrons. The minimum atomic E-state index is -0.282. The maximum absolute atomic E-state index is 13.5. The highest BCUT2D eigenvalue weighted by atomic mass is 19.1. The molecule has 0 fully saturated rings. The summed E-state index contributed by atoms with van der Waals surface area (Å²) in [6.45, 7) is 2.64. The van der Waals surface area contributed by atoms with Crippen LogP contribution in [0, 0.1) is 11.7 Å². The van der Waals surface area contributed by atoms with Crippen LogP contribution in [0.2, 0.25) is 0 Å². The first kappa shape index (κ1) is 17.0. The monoisotopic (exact) mass is 316 g/mol. The molecule has 2 N–H and O–H groups in total. The van der Waals surface area contributed by atoms with E-state index in [9.17, 15) is 9.18 Å². The van der Waals surface area contributed by atoms with E-state index in [1.54, 1.807) is 42.5 Å². The molecule has 0 saturated carbocycles. The molecule has 122 valence electrons. The molecule has 1 atom stereocenters. The van der Waals surface area contributed by atoms with Crippen LogP contribution in [0.3, 0.4) is 0 Å². The van der Waals surface area contributed by atoms with Crippen molar-refractivity contribution in [2.75, 3.05) is 18.9 Å². The summed E-state index contributed by atoms with van der Waals surface area (Å²) in [7, 11) is 1.81. The van der Waals surface area contributed by atoms with Crippen LogP contribution in [-0.4, -0.2) is 19.5 Å². The highest BCUT2D eigenvalue weighted by Crippen LogP contribution is 2.18. The number of amides is 1. The van der Waals surface area contributed by atoms with Crippen molar-refractivity contribution >= 4 is 11.6 Å². The van der Waals surface area contributed by atoms with E-state index in [0.29, 0.717) is 23.5 Å². The summed E-state index contributed by atoms with van der Waals surface area (Å²) in [6.07, 6.45) is 0. The van der Waals surface area contributed by atoms with Crippen LogP contribution in [0.25, 0.3) is 0 Å². The molecule has 0 aliphatic heterocycles. The lowest BCUT2D eigenvalue weighted by Crippen LogP contribution is -2.28. The fourth-order valence-electron chi connectivity index (χ4n) is 2.08. The number of carbonyl (C=O) groups excluding carboxylic acids is 1. The van der Waals surface area contributed by atoms with Crippen molar-refractivity contribution in [1.29, 1.82) is 0 Å². The van der Waals surface area contributed by atoms with Gasteiger partial charge in [0, 0.05) is 23.7 Å². The Labute approximate surface area is 135 Å². The van der Waals surface area contributed by atoms with Crippen LogP contribution in [0.15, 0.2) is 48.5 Å². The van der Waals surface area contributed by atoms with E-state index >= 15 is 0 Å². The Morgan fingerprint density at radius 1 is 1.17 bits per heavy atom. The summed E-state index contributed by atoms with van der Waals surface area (Å²) in [5.41, 5.74) is 1.21. The summed E-state index contributed by atoms with van der Waals surface area (Å²) in [5.74, 6) is 0.181. The Morgan fingerprint density at radius 3 is 2.52 bits per heavy atom. The molecule has 0 aliphatic rings. The first-order chi connectivity index (χ1) is 11.1. The van der Waals surface area contributed by atoms with Gasteiger partial charge in [0.05, 0.1) is 0 Å². The zero-order valence-corrected chi connectivity index (χ0v) is 13.3. The van der Waals surface area contributed by atoms with Gasteiger partial charge in [0.15, 0.2) is 0 Å². The Hall–Kier alpha value is -2.40. The molecule has 0 aliphatic carbocycles. The van der Waals surface area contributed by atoms with E-state index in [4.69, 9.17) is 4.74 Å². The third kappa shape index (κ3) is 5.07. The lowest BCUT2D eigenvalue weighted by molar-refractivity contribution is -0.119. The lowest BCUT2D eigenvalue weighted by atomic mass is 10.1. The summed E-state index contributed by atoms with van der Waals surface area (Å²) < 4.78 is 19.1. The van der Waals surface area contributed by atoms with Gasteiger partial charge in [-0.1, -0.05) is 25.1 Å². The third-order valence-corrected chi connectivity index (χ3v) is 3.43. The molecule has 0 saturated heterocycles. The number of carbonyl (C=O) groups is 1. The van der Waals surface area contributed by atoms with Gasteiger partial charge in [0.25, 0.3) is 0 Å². The van der Waals surface area contributed by atoms with Crippen molar-refractivity contribution in [3.63, 3.8) is 0 Å². The quantitative estimate of drug-likeness (QED) is 0.825. The number of halogens is 1. The van der Waals surface area contributed by atoms with Gasteiger partial charge in [0.2, 0.25) is 5.91 Å². The summed E-state index contributed by atoms with van der Waals surface area (Å²) in [6, 6.07) is 13.5. The summed E-state index contributed by atoms with van der Waals surface area (Å²) in [5, 5.41) is 5.81. The molecular weight excluding hydrogens is 295 g/mol. The van der Waals surface area contributed by atoms with Gasteiger partial charge in [-0.25, -0.2) is 4.39 Å². The standard InChI is InChI=1S/C18H21FN2O2/c1-13(11-20-2)18(22)21-15-7-9-16(10-8-15)23-12-14-5-3-4-6-17(14)19/h3-10,13,20H,11-12H2,1-2H3,(H,21,22). The molecule has 0 spiro atoms. The van der Waals surface area contributed by atoms with Gasteiger partial charge in [-0.2, -0.15) is 0 Å². The summed E-state index contributed by atoms with van der Waals surface area (Å²) >= 11 is 0. The Bertz CT molecular complexity index is 644. The van der Waals surface area contributed by atoms with Crippen LogP contribution in [0.4, 0.5) is 10.1 Å². The van der Waals surface area contributed by atoms with Crippen LogP contribution in [0.1, 0.15) is 12.5 Å². The molecule has 4 nitrogen and oxygen atoms in total. The fraction of sp³-hybridized carbons (Fsp3) is 0.278. The second-order valence-corrected chi connectivity index (χ2v) is 5.35. The normalized spacial score (nSPS) is 11.8. The summed E-state index contributed by atoms with van der Waals surface area (Å²) in [4.78, 5) is 11.9. The third-order valence-electron chi connectivity index (χ3n) is 3.43. The largest absolute Gasteiger partial charge is 0.489 e. The molecule has 2 rings (SSSR count). The fourth-order valence-corrected chi connectivity index (χ4v) is 2.08. The molecule has 23 heavy (non-hydrogen) atoms. The molecular formula is C18H21FN2O2. The number of benzene rings is 2. The van der Waals surface area contributed by atoms with Gasteiger partial charge in [-0.15, -0.1) is 0 Å². The van der Waals surface area contributed by atoms with Gasteiger partial charge in [-0.05, 0) is 37.4 Å². The van der Waals surface area contributed by atoms with Crippen molar-refractivity contribution in [1.82, 2.24) is 5.32 Å². The number of hydrogen-bond donors (Lipinski definition) is 2. The minimum absolute atomic E-state index is 0.0422. The molecule has 2 aromatic rings. The average molecular weight is 316 g/mol. The highest BCUT2D eigenvalue weighted by Gasteiger charge is 2.11. The van der Waals surface area contributed by atoms with Crippen LogP contribution < -0.4 is 15.4 Å². The first-order valence-corrected chi connectivity index (χ1v) is 7.52. The lowest BCUT2D eigenvalue weighted by Gasteiger charge is -2.12. The molecule has 0 bridgehead atoms. The van der Waals surface area contributed by atoms with E-state index in [0.717, 1.165) is 0 Å². The first-order valence-electron chi connectivity index (χ1n) is 7.52. The van der Waals surface area contributed by atoms with Crippen molar-refractivity contribution in [2.24, 2.45) is 5.92 Å². The van der Waals surface area contributed by atoms with Gasteiger partial charge in [-0.3, -0.25) is 4.79 Å². The highest BCUT2D eigenvalue weighted by molar-refractivity contribution is 5.92. The predicted molar refractivity (Wildman–Crippen MR) is 88.9 cm³/mol. The maximum atomic E-state index is 13.5. The van der Waals surface area contributed by atoms with Crippen LogP contribution in [-0.2, 0) is 11.4 Å². The van der Waals surface area contributed by atoms with Gasteiger partial charge < -0.3 is 15.4 Å². The number of hydrogen-bond acceptors (Lipinski definition) is 3. The molecule has 5 heteroatoms. The number of ether oxygens (including phenoxy) is 1. The van der Waals surface area contributed by atoms with Gasteiger partial charge >= 0.3 is 0 Å². The van der Waals surface area contributed by atoms with E-state index < -0.39 is 0 Å². The van der Waals surface area contributed by atoms with Crippen LogP contribution in [0.5, 0.6) is 5.75 Å². The second kappa shape index (κ2) is 8.29. The van der Waals surface area contributed by atoms with Gasteiger partial charge in [0.1, 0.15) is 18.2 Å². The Kier molecular flexibility index (Phi) is 6.11. The number of nitrogens with one attached hydrogen (secondary N) is 2. The zero-order chi connectivity index (χ0) is 16.7. The van der Waals surface area contributed by atoms with Crippen molar-refractivity contribution in [3.8, 4) is 5.75 Å². The zero-order valence-electron chi connectivity index (χ0n) is 13.3. The smallest absolute Gasteiger partial charge is 0.228 e. The molecule has 0 heterocycles. The molecule has 1 unspecified atom stereocenters. The van der Waals surface area contributed by atoms with E-state index in [-0.39, 0.29) is 24.2 Å². The van der Waals surface area contributed by atoms with Crippen molar-refractivity contribution in [2.45, 2.75) is 13.5 Å². The number of rotatable bonds is 7. The SMILES string of the molecule is CNCC(C)C(=O)Nc1ccc(OCc2ccccc2F)cc1. The number of anilines is 1. The Balaban J connectivity index is 1.89. The molecule has 2 aromatic carbocycles. The minimum Gasteiger partial charge on any atom is -0.489 e. The van der Waals surface area contributed by atoms with Crippen molar-refractivity contribution < 1.29 is 13.9 Å². The molecule has 0 aromatic heterocycles. The maximum Gasteiger partial charge on any atom is 0.228 e. The van der Waals surface area contributed by atoms with E-state index in [1.807, 2.05) is 14.0 Å². The average Bonchev–Trinajstić information content (AvgIpc) is 2.55. The topological polar surface area (TPSA) is 50.4 Å². The predicted octanol–water partition coefficient (Wildman–Crippen LogP) is 3.20. The van der Waals surface area contributed by atoms with E-state index in [1.165, 1.54) is 6.07 Å². The second-order valence-electron chi connectivity index (χ2n) is 5.35. The van der Waals surface area contributed by atoms with Crippen molar-refractivity contribution in [3.05, 3.63) is 59.9 Å². The van der Waals surface area contributed by atoms with E-state index in [2.05, 4.69) is 10.6 Å². The Morgan fingerprint density at radius 2 is 1.87 bits per heavy atom.